The van der Waals surface area contributed by atoms with Crippen LogP contribution in [0.4, 0.5) is 9.18 Å². The minimum Gasteiger partial charge on any atom is -0.444 e. The maximum Gasteiger partial charge on any atom is 0.410 e. The van der Waals surface area contributed by atoms with Crippen molar-refractivity contribution < 1.29 is 13.9 Å². The average molecular weight is 279 g/mol. The Hall–Kier alpha value is -1.58. The van der Waals surface area contributed by atoms with Crippen molar-refractivity contribution in [3.63, 3.8) is 0 Å². The number of likely N-dealkylation sites (tertiary alicyclic amines) is 1. The predicted octanol–water partition coefficient (Wildman–Crippen LogP) is 3.86. The molecule has 2 rings (SSSR count). The molecule has 20 heavy (non-hydrogen) atoms. The fraction of sp³-hybridized carbons (Fsp3) is 0.562. The molecule has 1 amide bonds. The van der Waals surface area contributed by atoms with Crippen LogP contribution in [0.2, 0.25) is 0 Å². The Morgan fingerprint density at radius 3 is 2.75 bits per heavy atom. The van der Waals surface area contributed by atoms with Crippen molar-refractivity contribution in [3.8, 4) is 0 Å². The molecule has 4 heteroatoms. The van der Waals surface area contributed by atoms with Gasteiger partial charge in [0, 0.05) is 19.0 Å². The summed E-state index contributed by atoms with van der Waals surface area (Å²) < 4.78 is 18.7. The molecule has 1 aromatic carbocycles. The van der Waals surface area contributed by atoms with E-state index in [1.807, 2.05) is 27.7 Å². The van der Waals surface area contributed by atoms with Crippen molar-refractivity contribution >= 4 is 6.09 Å². The second-order valence-corrected chi connectivity index (χ2v) is 6.41. The molecule has 0 aliphatic carbocycles. The van der Waals surface area contributed by atoms with Gasteiger partial charge in [0.05, 0.1) is 0 Å². The van der Waals surface area contributed by atoms with Crippen molar-refractivity contribution in [2.45, 2.75) is 45.6 Å². The smallest absolute Gasteiger partial charge is 0.410 e. The van der Waals surface area contributed by atoms with Crippen LogP contribution in [0.1, 0.15) is 44.2 Å². The van der Waals surface area contributed by atoms with E-state index >= 15 is 0 Å². The van der Waals surface area contributed by atoms with Crippen LogP contribution in [-0.2, 0) is 4.74 Å². The molecule has 0 spiro atoms. The van der Waals surface area contributed by atoms with E-state index in [1.165, 1.54) is 6.07 Å². The van der Waals surface area contributed by atoms with E-state index in [4.69, 9.17) is 4.74 Å². The minimum atomic E-state index is -0.482. The summed E-state index contributed by atoms with van der Waals surface area (Å²) >= 11 is 0. The lowest BCUT2D eigenvalue weighted by Gasteiger charge is -2.24. The third-order valence-corrected chi connectivity index (χ3v) is 3.52. The Labute approximate surface area is 119 Å². The van der Waals surface area contributed by atoms with E-state index in [1.54, 1.807) is 17.0 Å². The van der Waals surface area contributed by atoms with Gasteiger partial charge in [0.2, 0.25) is 0 Å². The lowest BCUT2D eigenvalue weighted by molar-refractivity contribution is 0.0292. The Morgan fingerprint density at radius 1 is 1.40 bits per heavy atom. The number of rotatable bonds is 1. The highest BCUT2D eigenvalue weighted by molar-refractivity contribution is 5.68. The van der Waals surface area contributed by atoms with Crippen LogP contribution in [0.25, 0.3) is 0 Å². The standard InChI is InChI=1S/C16H22FNO2/c1-11-5-6-13(17)9-14(11)12-7-8-18(10-12)15(19)20-16(2,3)4/h5-6,9,12H,7-8,10H2,1-4H3. The van der Waals surface area contributed by atoms with E-state index < -0.39 is 5.60 Å². The molecule has 1 heterocycles. The summed E-state index contributed by atoms with van der Waals surface area (Å²) in [6, 6.07) is 4.85. The Morgan fingerprint density at radius 2 is 2.10 bits per heavy atom. The van der Waals surface area contributed by atoms with Gasteiger partial charge < -0.3 is 9.64 Å². The van der Waals surface area contributed by atoms with Gasteiger partial charge >= 0.3 is 6.09 Å². The van der Waals surface area contributed by atoms with Crippen molar-refractivity contribution in [2.75, 3.05) is 13.1 Å². The molecule has 1 saturated heterocycles. The highest BCUT2D eigenvalue weighted by Crippen LogP contribution is 2.30. The Balaban J connectivity index is 2.05. The molecule has 0 radical (unpaired) electrons. The third-order valence-electron chi connectivity index (χ3n) is 3.52. The highest BCUT2D eigenvalue weighted by Gasteiger charge is 2.31. The molecule has 1 aliphatic rings. The normalized spacial score (nSPS) is 19.2. The first-order valence-electron chi connectivity index (χ1n) is 7.00. The van der Waals surface area contributed by atoms with Gasteiger partial charge in [-0.25, -0.2) is 9.18 Å². The van der Waals surface area contributed by atoms with Crippen molar-refractivity contribution in [2.24, 2.45) is 0 Å². The zero-order chi connectivity index (χ0) is 14.9. The molecular weight excluding hydrogens is 257 g/mol. The number of halogens is 1. The summed E-state index contributed by atoms with van der Waals surface area (Å²) in [5.74, 6) is -0.0282. The molecule has 0 N–H and O–H groups in total. The fourth-order valence-electron chi connectivity index (χ4n) is 2.56. The first kappa shape index (κ1) is 14.8. The van der Waals surface area contributed by atoms with Gasteiger partial charge in [-0.2, -0.15) is 0 Å². The van der Waals surface area contributed by atoms with Crippen LogP contribution >= 0.6 is 0 Å². The van der Waals surface area contributed by atoms with Crippen LogP contribution in [0.3, 0.4) is 0 Å². The zero-order valence-corrected chi connectivity index (χ0v) is 12.6. The summed E-state index contributed by atoms with van der Waals surface area (Å²) in [6.07, 6.45) is 0.567. The highest BCUT2D eigenvalue weighted by atomic mass is 19.1. The minimum absolute atomic E-state index is 0.193. The lowest BCUT2D eigenvalue weighted by atomic mass is 9.94. The molecule has 3 nitrogen and oxygen atoms in total. The van der Waals surface area contributed by atoms with Crippen LogP contribution in [0.5, 0.6) is 0 Å². The Bertz CT molecular complexity index is 508. The van der Waals surface area contributed by atoms with E-state index in [0.717, 1.165) is 17.5 Å². The summed E-state index contributed by atoms with van der Waals surface area (Å²) in [4.78, 5) is 13.7. The first-order chi connectivity index (χ1) is 9.26. The molecule has 110 valence electrons. The van der Waals surface area contributed by atoms with Gasteiger partial charge in [-0.05, 0) is 57.4 Å². The lowest BCUT2D eigenvalue weighted by Crippen LogP contribution is -2.35. The number of ether oxygens (including phenoxy) is 1. The second kappa shape index (κ2) is 5.43. The quantitative estimate of drug-likeness (QED) is 0.781. The number of carbonyl (C=O) groups excluding carboxylic acids is 1. The number of benzene rings is 1. The maximum atomic E-state index is 13.4. The molecule has 1 atom stereocenters. The van der Waals surface area contributed by atoms with Gasteiger partial charge in [-0.1, -0.05) is 6.07 Å². The van der Waals surface area contributed by atoms with Crippen molar-refractivity contribution in [1.82, 2.24) is 4.90 Å². The monoisotopic (exact) mass is 279 g/mol. The van der Waals surface area contributed by atoms with Crippen LogP contribution in [0, 0.1) is 12.7 Å². The zero-order valence-electron chi connectivity index (χ0n) is 12.6. The number of hydrogen-bond acceptors (Lipinski definition) is 2. The topological polar surface area (TPSA) is 29.5 Å². The number of amides is 1. The van der Waals surface area contributed by atoms with E-state index in [-0.39, 0.29) is 17.8 Å². The third kappa shape index (κ3) is 3.50. The van der Waals surface area contributed by atoms with Gasteiger partial charge in [0.25, 0.3) is 0 Å². The van der Waals surface area contributed by atoms with Gasteiger partial charge in [0.15, 0.2) is 0 Å². The summed E-state index contributed by atoms with van der Waals surface area (Å²) in [6.45, 7) is 8.80. The summed E-state index contributed by atoms with van der Waals surface area (Å²) in [5.41, 5.74) is 1.59. The molecule has 1 unspecified atom stereocenters. The number of aryl methyl sites for hydroxylation is 1. The van der Waals surface area contributed by atoms with Crippen LogP contribution in [-0.4, -0.2) is 29.7 Å². The molecule has 0 saturated carbocycles. The fourth-order valence-corrected chi connectivity index (χ4v) is 2.56. The largest absolute Gasteiger partial charge is 0.444 e. The Kier molecular flexibility index (Phi) is 4.02. The van der Waals surface area contributed by atoms with E-state index in [0.29, 0.717) is 13.1 Å². The van der Waals surface area contributed by atoms with E-state index in [9.17, 15) is 9.18 Å². The molecule has 0 bridgehead atoms. The SMILES string of the molecule is Cc1ccc(F)cc1C1CCN(C(=O)OC(C)(C)C)C1. The maximum absolute atomic E-state index is 13.4. The van der Waals surface area contributed by atoms with Crippen LogP contribution in [0.15, 0.2) is 18.2 Å². The van der Waals surface area contributed by atoms with Crippen molar-refractivity contribution in [1.29, 1.82) is 0 Å². The second-order valence-electron chi connectivity index (χ2n) is 6.41. The number of hydrogen-bond donors (Lipinski definition) is 0. The van der Waals surface area contributed by atoms with Gasteiger partial charge in [-0.15, -0.1) is 0 Å². The van der Waals surface area contributed by atoms with Crippen LogP contribution < -0.4 is 0 Å². The molecular formula is C16H22FNO2. The molecule has 1 aromatic rings. The van der Waals surface area contributed by atoms with Gasteiger partial charge in [0.1, 0.15) is 11.4 Å². The summed E-state index contributed by atoms with van der Waals surface area (Å²) in [5, 5.41) is 0. The van der Waals surface area contributed by atoms with E-state index in [2.05, 4.69) is 0 Å². The van der Waals surface area contributed by atoms with Crippen molar-refractivity contribution in [3.05, 3.63) is 35.1 Å². The first-order valence-corrected chi connectivity index (χ1v) is 7.00. The predicted molar refractivity (Wildman–Crippen MR) is 76.3 cm³/mol. The molecule has 1 aliphatic heterocycles. The number of carbonyl (C=O) groups is 1. The average Bonchev–Trinajstić information content (AvgIpc) is 2.79. The van der Waals surface area contributed by atoms with Gasteiger partial charge in [-0.3, -0.25) is 0 Å². The molecule has 0 aromatic heterocycles. The molecule has 1 fully saturated rings. The number of nitrogens with zero attached hydrogens (tertiary/aromatic N) is 1. The summed E-state index contributed by atoms with van der Waals surface area (Å²) in [7, 11) is 0.